The van der Waals surface area contributed by atoms with Gasteiger partial charge in [-0.05, 0) is 52.6 Å². The molecule has 0 radical (unpaired) electrons. The zero-order valence-corrected chi connectivity index (χ0v) is 17.1. The molecule has 27 heavy (non-hydrogen) atoms. The second kappa shape index (κ2) is 8.29. The molecular weight excluding hydrogens is 338 g/mol. The summed E-state index contributed by atoms with van der Waals surface area (Å²) in [6.07, 6.45) is 11.8. The van der Waals surface area contributed by atoms with E-state index in [1.807, 2.05) is 0 Å². The van der Waals surface area contributed by atoms with Gasteiger partial charge in [0.25, 0.3) is 0 Å². The van der Waals surface area contributed by atoms with E-state index in [1.165, 1.54) is 44.3 Å². The van der Waals surface area contributed by atoms with E-state index in [1.54, 1.807) is 0 Å². The largest absolute Gasteiger partial charge is 0.342 e. The molecule has 2 heterocycles. The summed E-state index contributed by atoms with van der Waals surface area (Å²) >= 11 is 0. The normalized spacial score (nSPS) is 23.0. The lowest BCUT2D eigenvalue weighted by molar-refractivity contribution is -0.137. The first-order valence-electron chi connectivity index (χ1n) is 11.0. The van der Waals surface area contributed by atoms with Gasteiger partial charge >= 0.3 is 0 Å². The molecule has 6 nitrogen and oxygen atoms in total. The first-order chi connectivity index (χ1) is 13.1. The first-order valence-corrected chi connectivity index (χ1v) is 11.0. The van der Waals surface area contributed by atoms with Gasteiger partial charge in [-0.3, -0.25) is 4.79 Å². The molecule has 1 aromatic heterocycles. The van der Waals surface area contributed by atoms with Gasteiger partial charge in [0.1, 0.15) is 11.6 Å². The van der Waals surface area contributed by atoms with Gasteiger partial charge in [0.15, 0.2) is 0 Å². The highest BCUT2D eigenvalue weighted by Crippen LogP contribution is 2.40. The second-order valence-electron chi connectivity index (χ2n) is 9.10. The maximum absolute atomic E-state index is 12.9. The molecule has 0 aromatic carbocycles. The zero-order chi connectivity index (χ0) is 18.8. The molecule has 1 aromatic rings. The van der Waals surface area contributed by atoms with Crippen LogP contribution in [0.4, 0.5) is 0 Å². The summed E-state index contributed by atoms with van der Waals surface area (Å²) in [4.78, 5) is 17.3. The number of rotatable bonds is 5. The highest BCUT2D eigenvalue weighted by molar-refractivity contribution is 5.79. The van der Waals surface area contributed by atoms with Crippen molar-refractivity contribution in [3.63, 3.8) is 0 Å². The van der Waals surface area contributed by atoms with Gasteiger partial charge in [-0.15, -0.1) is 10.2 Å². The van der Waals surface area contributed by atoms with Crippen LogP contribution in [0.3, 0.4) is 0 Å². The van der Waals surface area contributed by atoms with Gasteiger partial charge in [-0.25, -0.2) is 0 Å². The molecule has 4 rings (SSSR count). The minimum Gasteiger partial charge on any atom is -0.342 e. The highest BCUT2D eigenvalue weighted by atomic mass is 16.2. The van der Waals surface area contributed by atoms with E-state index in [2.05, 4.69) is 38.7 Å². The number of amides is 1. The topological polar surface area (TPSA) is 54.3 Å². The number of nitrogens with zero attached hydrogens (tertiary/aromatic N) is 5. The minimum atomic E-state index is 0.283. The maximum Gasteiger partial charge on any atom is 0.225 e. The fraction of sp³-hybridized carbons (Fsp3) is 0.857. The van der Waals surface area contributed by atoms with E-state index in [9.17, 15) is 4.79 Å². The summed E-state index contributed by atoms with van der Waals surface area (Å²) in [5.41, 5.74) is 0. The van der Waals surface area contributed by atoms with Crippen LogP contribution >= 0.6 is 0 Å². The molecule has 0 N–H and O–H groups in total. The predicted octanol–water partition coefficient (Wildman–Crippen LogP) is 3.35. The fourth-order valence-corrected chi connectivity index (χ4v) is 4.88. The summed E-state index contributed by atoms with van der Waals surface area (Å²) in [6, 6.07) is 0.607. The molecule has 2 saturated carbocycles. The molecule has 3 fully saturated rings. The Labute approximate surface area is 163 Å². The van der Waals surface area contributed by atoms with Crippen molar-refractivity contribution in [3.05, 3.63) is 11.6 Å². The Kier molecular flexibility index (Phi) is 5.81. The third-order valence-corrected chi connectivity index (χ3v) is 6.54. The van der Waals surface area contributed by atoms with Crippen LogP contribution in [0.2, 0.25) is 0 Å². The van der Waals surface area contributed by atoms with Crippen LogP contribution in [0.5, 0.6) is 0 Å². The smallest absolute Gasteiger partial charge is 0.225 e. The summed E-state index contributed by atoms with van der Waals surface area (Å²) < 4.78 is 2.42. The number of carbonyl (C=O) groups is 1. The Bertz CT molecular complexity index is 635. The van der Waals surface area contributed by atoms with Crippen LogP contribution in [0, 0.1) is 5.92 Å². The predicted molar refractivity (Wildman–Crippen MR) is 105 cm³/mol. The Hall–Kier alpha value is -1.43. The van der Waals surface area contributed by atoms with E-state index >= 15 is 0 Å². The fourth-order valence-electron chi connectivity index (χ4n) is 4.88. The number of piperidine rings is 1. The van der Waals surface area contributed by atoms with Gasteiger partial charge in [0, 0.05) is 31.0 Å². The van der Waals surface area contributed by atoms with E-state index in [0.29, 0.717) is 17.9 Å². The highest BCUT2D eigenvalue weighted by Gasteiger charge is 2.35. The van der Waals surface area contributed by atoms with Crippen LogP contribution in [-0.2, 0) is 11.3 Å². The summed E-state index contributed by atoms with van der Waals surface area (Å²) in [6.45, 7) is 2.63. The summed E-state index contributed by atoms with van der Waals surface area (Å²) in [5.74, 6) is 3.44. The lowest BCUT2D eigenvalue weighted by atomic mass is 9.93. The van der Waals surface area contributed by atoms with Crippen LogP contribution in [0.25, 0.3) is 0 Å². The Morgan fingerprint density at radius 2 is 1.63 bits per heavy atom. The SMILES string of the molecule is CN(C)Cc1nnc(C2CCN(C(=O)C3CCCCCC3)CC2)n1C1CC1. The summed E-state index contributed by atoms with van der Waals surface area (Å²) in [7, 11) is 4.17. The van der Waals surface area contributed by atoms with Crippen molar-refractivity contribution < 1.29 is 4.79 Å². The van der Waals surface area contributed by atoms with E-state index in [0.717, 1.165) is 51.1 Å². The van der Waals surface area contributed by atoms with Gasteiger partial charge < -0.3 is 14.4 Å². The molecular formula is C21H35N5O. The summed E-state index contributed by atoms with van der Waals surface area (Å²) in [5, 5.41) is 9.13. The van der Waals surface area contributed by atoms with Crippen molar-refractivity contribution in [2.45, 2.75) is 82.7 Å². The number of hydrogen-bond donors (Lipinski definition) is 0. The van der Waals surface area contributed by atoms with Gasteiger partial charge in [0.05, 0.1) is 6.54 Å². The van der Waals surface area contributed by atoms with Crippen LogP contribution in [0.1, 0.15) is 87.8 Å². The van der Waals surface area contributed by atoms with Gasteiger partial charge in [-0.2, -0.15) is 0 Å². The second-order valence-corrected chi connectivity index (χ2v) is 9.10. The third kappa shape index (κ3) is 4.36. The van der Waals surface area contributed by atoms with Crippen molar-refractivity contribution in [2.24, 2.45) is 5.92 Å². The average Bonchev–Trinajstić information content (AvgIpc) is 3.46. The van der Waals surface area contributed by atoms with Gasteiger partial charge in [-0.1, -0.05) is 25.7 Å². The van der Waals surface area contributed by atoms with E-state index in [4.69, 9.17) is 0 Å². The molecule has 3 aliphatic rings. The lowest BCUT2D eigenvalue weighted by Gasteiger charge is -2.34. The van der Waals surface area contributed by atoms with E-state index in [-0.39, 0.29) is 5.92 Å². The number of carbonyl (C=O) groups excluding carboxylic acids is 1. The molecule has 2 aliphatic carbocycles. The third-order valence-electron chi connectivity index (χ3n) is 6.54. The molecule has 1 aliphatic heterocycles. The molecule has 150 valence electrons. The quantitative estimate of drug-likeness (QED) is 0.743. The standard InChI is InChI=1S/C21H35N5O/c1-24(2)15-19-22-23-20(26(19)18-9-10-18)16-11-13-25(14-12-16)21(27)17-7-5-3-4-6-8-17/h16-18H,3-15H2,1-2H3. The molecule has 6 heteroatoms. The van der Waals surface area contributed by atoms with Crippen LogP contribution < -0.4 is 0 Å². The molecule has 0 bridgehead atoms. The molecule has 0 atom stereocenters. The van der Waals surface area contributed by atoms with Crippen LogP contribution in [-0.4, -0.2) is 57.7 Å². The molecule has 1 amide bonds. The van der Waals surface area contributed by atoms with Crippen molar-refractivity contribution in [1.82, 2.24) is 24.6 Å². The first kappa shape index (κ1) is 18.9. The number of hydrogen-bond acceptors (Lipinski definition) is 4. The molecule has 1 saturated heterocycles. The number of aromatic nitrogens is 3. The van der Waals surface area contributed by atoms with Crippen LogP contribution in [0.15, 0.2) is 0 Å². The Morgan fingerprint density at radius 1 is 0.963 bits per heavy atom. The molecule has 0 unspecified atom stereocenters. The van der Waals surface area contributed by atoms with Crippen molar-refractivity contribution in [1.29, 1.82) is 0 Å². The average molecular weight is 374 g/mol. The van der Waals surface area contributed by atoms with Gasteiger partial charge in [0.2, 0.25) is 5.91 Å². The molecule has 0 spiro atoms. The Balaban J connectivity index is 1.39. The van der Waals surface area contributed by atoms with Crippen molar-refractivity contribution >= 4 is 5.91 Å². The zero-order valence-electron chi connectivity index (χ0n) is 17.1. The van der Waals surface area contributed by atoms with E-state index < -0.39 is 0 Å². The Morgan fingerprint density at radius 3 is 2.22 bits per heavy atom. The lowest BCUT2D eigenvalue weighted by Crippen LogP contribution is -2.41. The van der Waals surface area contributed by atoms with Crippen molar-refractivity contribution in [3.8, 4) is 0 Å². The van der Waals surface area contributed by atoms with Crippen molar-refractivity contribution in [2.75, 3.05) is 27.2 Å². The minimum absolute atomic E-state index is 0.283. The maximum atomic E-state index is 12.9. The number of likely N-dealkylation sites (tertiary alicyclic amines) is 1. The monoisotopic (exact) mass is 373 g/mol.